The fraction of sp³-hybridized carbons (Fsp3) is 0.348. The van der Waals surface area contributed by atoms with Crippen molar-refractivity contribution in [3.63, 3.8) is 0 Å². The van der Waals surface area contributed by atoms with Crippen LogP contribution < -0.4 is 10.1 Å². The monoisotopic (exact) mass is 479 g/mol. The molecule has 34 heavy (non-hydrogen) atoms. The van der Waals surface area contributed by atoms with Crippen LogP contribution in [0.2, 0.25) is 0 Å². The molecule has 1 aliphatic rings. The Morgan fingerprint density at radius 3 is 2.82 bits per heavy atom. The zero-order valence-corrected chi connectivity index (χ0v) is 18.1. The van der Waals surface area contributed by atoms with Crippen molar-refractivity contribution in [2.75, 3.05) is 25.1 Å². The minimum absolute atomic E-state index is 0.0455. The van der Waals surface area contributed by atoms with Gasteiger partial charge in [-0.3, -0.25) is 9.78 Å². The van der Waals surface area contributed by atoms with Gasteiger partial charge in [-0.1, -0.05) is 6.92 Å². The van der Waals surface area contributed by atoms with E-state index >= 15 is 0 Å². The maximum Gasteiger partial charge on any atom is 0.294 e. The number of rotatable bonds is 7. The van der Waals surface area contributed by atoms with Gasteiger partial charge in [0.15, 0.2) is 6.61 Å². The molecule has 1 amide bonds. The number of nitrogens with zero attached hydrogens (tertiary/aromatic N) is 2. The number of hydrogen-bond acceptors (Lipinski definition) is 6. The van der Waals surface area contributed by atoms with Crippen LogP contribution in [-0.2, 0) is 4.74 Å². The predicted molar refractivity (Wildman–Crippen MR) is 113 cm³/mol. The van der Waals surface area contributed by atoms with Gasteiger partial charge in [0.1, 0.15) is 11.6 Å². The number of alkyl halides is 2. The van der Waals surface area contributed by atoms with Crippen molar-refractivity contribution in [2.24, 2.45) is 5.92 Å². The maximum absolute atomic E-state index is 14.7. The van der Waals surface area contributed by atoms with Gasteiger partial charge in [-0.05, 0) is 41.8 Å². The fourth-order valence-corrected chi connectivity index (χ4v) is 3.86. The molecule has 2 unspecified atom stereocenters. The number of benzene rings is 1. The zero-order chi connectivity index (χ0) is 24.2. The Morgan fingerprint density at radius 1 is 1.24 bits per heavy atom. The molecule has 11 heteroatoms. The third-order valence-electron chi connectivity index (χ3n) is 5.50. The van der Waals surface area contributed by atoms with E-state index in [2.05, 4.69) is 15.5 Å². The summed E-state index contributed by atoms with van der Waals surface area (Å²) in [5.41, 5.74) is 0.834. The molecular weight excluding hydrogens is 458 g/mol. The fourth-order valence-electron chi connectivity index (χ4n) is 3.86. The van der Waals surface area contributed by atoms with Crippen molar-refractivity contribution >= 4 is 11.6 Å². The third kappa shape index (κ3) is 5.19. The van der Waals surface area contributed by atoms with Crippen LogP contribution in [0, 0.1) is 17.6 Å². The van der Waals surface area contributed by atoms with Crippen LogP contribution in [0.15, 0.2) is 41.1 Å². The molecule has 7 nitrogen and oxygen atoms in total. The zero-order valence-electron chi connectivity index (χ0n) is 18.1. The summed E-state index contributed by atoms with van der Waals surface area (Å²) in [4.78, 5) is 17.4. The van der Waals surface area contributed by atoms with Gasteiger partial charge in [-0.2, -0.15) is 0 Å². The van der Waals surface area contributed by atoms with Crippen molar-refractivity contribution in [2.45, 2.75) is 25.7 Å². The Bertz CT molecular complexity index is 1170. The molecule has 180 valence electrons. The summed E-state index contributed by atoms with van der Waals surface area (Å²) in [5, 5.41) is 6.12. The molecular formula is C23H21F4N3O4. The molecule has 2 atom stereocenters. The van der Waals surface area contributed by atoms with Crippen molar-refractivity contribution in [3.05, 3.63) is 59.6 Å². The number of nitrogens with one attached hydrogen (secondary N) is 1. The first-order valence-corrected chi connectivity index (χ1v) is 10.5. The van der Waals surface area contributed by atoms with Crippen LogP contribution in [0.25, 0.3) is 11.1 Å². The lowest BCUT2D eigenvalue weighted by atomic mass is 9.84. The summed E-state index contributed by atoms with van der Waals surface area (Å²) in [6.07, 6.45) is -0.644. The molecule has 1 saturated heterocycles. The minimum atomic E-state index is -2.72. The van der Waals surface area contributed by atoms with Gasteiger partial charge in [0.2, 0.25) is 5.76 Å². The lowest BCUT2D eigenvalue weighted by molar-refractivity contribution is 0.0465. The molecule has 4 rings (SSSR count). The summed E-state index contributed by atoms with van der Waals surface area (Å²) < 4.78 is 68.5. The van der Waals surface area contributed by atoms with Gasteiger partial charge in [-0.25, -0.2) is 17.6 Å². The molecule has 1 N–H and O–H groups in total. The standard InChI is InChI=1S/C23H21F4N3O4/c1-12-10-32-7-5-14(12)21-22(15(4-6-28-21)16-8-13(24)2-3-17(16)25)29-23(31)18-9-20(30-34-18)33-11-19(26)27/h2-4,6,8-9,12,14,19H,5,7,10-11H2,1H3,(H,29,31). The van der Waals surface area contributed by atoms with E-state index in [1.807, 2.05) is 6.92 Å². The highest BCUT2D eigenvalue weighted by Gasteiger charge is 2.30. The summed E-state index contributed by atoms with van der Waals surface area (Å²) in [6, 6.07) is 5.56. The van der Waals surface area contributed by atoms with Gasteiger partial charge >= 0.3 is 0 Å². The van der Waals surface area contributed by atoms with Crippen molar-refractivity contribution in [1.82, 2.24) is 10.1 Å². The van der Waals surface area contributed by atoms with Crippen molar-refractivity contribution in [1.29, 1.82) is 0 Å². The van der Waals surface area contributed by atoms with Crippen LogP contribution in [0.1, 0.15) is 35.5 Å². The lowest BCUT2D eigenvalue weighted by Crippen LogP contribution is -2.26. The lowest BCUT2D eigenvalue weighted by Gasteiger charge is -2.30. The summed E-state index contributed by atoms with van der Waals surface area (Å²) >= 11 is 0. The van der Waals surface area contributed by atoms with E-state index in [1.165, 1.54) is 12.3 Å². The Labute approximate surface area is 192 Å². The highest BCUT2D eigenvalue weighted by molar-refractivity contribution is 6.05. The van der Waals surface area contributed by atoms with E-state index in [1.54, 1.807) is 0 Å². The predicted octanol–water partition coefficient (Wildman–Crippen LogP) is 5.05. The van der Waals surface area contributed by atoms with E-state index in [0.717, 1.165) is 24.3 Å². The smallest absolute Gasteiger partial charge is 0.294 e. The summed E-state index contributed by atoms with van der Waals surface area (Å²) in [5.74, 6) is -2.80. The molecule has 0 spiro atoms. The third-order valence-corrected chi connectivity index (χ3v) is 5.50. The van der Waals surface area contributed by atoms with E-state index in [-0.39, 0.29) is 40.3 Å². The maximum atomic E-state index is 14.7. The average molecular weight is 479 g/mol. The van der Waals surface area contributed by atoms with Gasteiger partial charge in [0.25, 0.3) is 18.2 Å². The summed E-state index contributed by atoms with van der Waals surface area (Å²) in [6.45, 7) is 2.02. The molecule has 1 fully saturated rings. The van der Waals surface area contributed by atoms with Crippen LogP contribution in [0.4, 0.5) is 23.2 Å². The Balaban J connectivity index is 1.73. The summed E-state index contributed by atoms with van der Waals surface area (Å²) in [7, 11) is 0. The highest BCUT2D eigenvalue weighted by atomic mass is 19.3. The molecule has 2 aromatic heterocycles. The van der Waals surface area contributed by atoms with Gasteiger partial charge in [0, 0.05) is 36.5 Å². The molecule has 3 aromatic rings. The number of halogens is 4. The quantitative estimate of drug-likeness (QED) is 0.478. The number of aromatic nitrogens is 2. The van der Waals surface area contributed by atoms with Gasteiger partial charge < -0.3 is 19.3 Å². The normalized spacial score (nSPS) is 18.2. The van der Waals surface area contributed by atoms with Crippen molar-refractivity contribution < 1.29 is 36.4 Å². The van der Waals surface area contributed by atoms with Crippen molar-refractivity contribution in [3.8, 4) is 17.0 Å². The SMILES string of the molecule is CC1COCCC1c1nccc(-c2cc(F)ccc2F)c1NC(=O)c1cc(OCC(F)F)no1. The Kier molecular flexibility index (Phi) is 7.11. The second-order valence-electron chi connectivity index (χ2n) is 7.88. The number of ether oxygens (including phenoxy) is 2. The van der Waals surface area contributed by atoms with E-state index < -0.39 is 30.6 Å². The average Bonchev–Trinajstić information content (AvgIpc) is 3.29. The highest BCUT2D eigenvalue weighted by Crippen LogP contribution is 2.40. The van der Waals surface area contributed by atoms with Crippen LogP contribution in [-0.4, -0.2) is 42.3 Å². The molecule has 3 heterocycles. The first-order valence-electron chi connectivity index (χ1n) is 10.5. The van der Waals surface area contributed by atoms with Gasteiger partial charge in [0.05, 0.1) is 17.4 Å². The molecule has 0 bridgehead atoms. The second-order valence-corrected chi connectivity index (χ2v) is 7.88. The largest absolute Gasteiger partial charge is 0.469 e. The minimum Gasteiger partial charge on any atom is -0.469 e. The number of carbonyl (C=O) groups is 1. The molecule has 0 saturated carbocycles. The topological polar surface area (TPSA) is 86.5 Å². The number of hydrogen-bond donors (Lipinski definition) is 1. The Hall–Kier alpha value is -3.47. The number of pyridine rings is 1. The number of anilines is 1. The first-order chi connectivity index (χ1) is 16.3. The van der Waals surface area contributed by atoms with Crippen LogP contribution in [0.3, 0.4) is 0 Å². The van der Waals surface area contributed by atoms with Crippen LogP contribution >= 0.6 is 0 Å². The molecule has 1 aromatic carbocycles. The Morgan fingerprint density at radius 2 is 2.06 bits per heavy atom. The first kappa shape index (κ1) is 23.7. The second kappa shape index (κ2) is 10.2. The molecule has 1 aliphatic heterocycles. The number of amides is 1. The molecule has 0 aliphatic carbocycles. The molecule has 0 radical (unpaired) electrons. The van der Waals surface area contributed by atoms with Gasteiger partial charge in [-0.15, -0.1) is 0 Å². The number of carbonyl (C=O) groups excluding carboxylic acids is 1. The van der Waals surface area contributed by atoms with Crippen LogP contribution in [0.5, 0.6) is 5.88 Å². The van der Waals surface area contributed by atoms with E-state index in [0.29, 0.717) is 25.3 Å². The van der Waals surface area contributed by atoms with E-state index in [4.69, 9.17) is 14.0 Å². The van der Waals surface area contributed by atoms with E-state index in [9.17, 15) is 22.4 Å².